The zero-order valence-corrected chi connectivity index (χ0v) is 20.5. The van der Waals surface area contributed by atoms with Crippen LogP contribution in [0.25, 0.3) is 0 Å². The van der Waals surface area contributed by atoms with Crippen molar-refractivity contribution in [3.63, 3.8) is 0 Å². The summed E-state index contributed by atoms with van der Waals surface area (Å²) in [4.78, 5) is 16.4. The Hall–Kier alpha value is -1.82. The van der Waals surface area contributed by atoms with E-state index in [0.717, 1.165) is 19.4 Å². The molecule has 1 aromatic heterocycles. The molecule has 3 heterocycles. The first-order chi connectivity index (χ1) is 15.9. The van der Waals surface area contributed by atoms with E-state index in [9.17, 15) is 13.2 Å². The van der Waals surface area contributed by atoms with Gasteiger partial charge < -0.3 is 14.8 Å². The van der Waals surface area contributed by atoms with Crippen molar-refractivity contribution >= 4 is 33.0 Å². The van der Waals surface area contributed by atoms with Gasteiger partial charge in [0.25, 0.3) is 0 Å². The summed E-state index contributed by atoms with van der Waals surface area (Å²) < 4.78 is 38.8. The fraction of sp³-hybridized carbons (Fsp3) is 0.522. The number of nitrogens with one attached hydrogen (secondary N) is 1. The van der Waals surface area contributed by atoms with E-state index in [-0.39, 0.29) is 23.5 Å². The van der Waals surface area contributed by atoms with Crippen molar-refractivity contribution in [2.45, 2.75) is 37.3 Å². The Labute approximate surface area is 199 Å². The van der Waals surface area contributed by atoms with E-state index in [4.69, 9.17) is 9.47 Å². The summed E-state index contributed by atoms with van der Waals surface area (Å²) in [5.74, 6) is -0.178. The van der Waals surface area contributed by atoms with Crippen LogP contribution in [0.5, 0.6) is 0 Å². The Morgan fingerprint density at radius 3 is 2.76 bits per heavy atom. The number of carbonyl (C=O) groups excluding carboxylic acids is 1. The molecule has 33 heavy (non-hydrogen) atoms. The molecule has 1 atom stereocenters. The maximum absolute atomic E-state index is 13.1. The average Bonchev–Trinajstić information content (AvgIpc) is 3.50. The molecule has 0 aliphatic carbocycles. The van der Waals surface area contributed by atoms with Crippen molar-refractivity contribution in [2.24, 2.45) is 0 Å². The number of nitrogens with zero attached hydrogens (tertiary/aromatic N) is 2. The third kappa shape index (κ3) is 6.40. The Kier molecular flexibility index (Phi) is 8.15. The monoisotopic (exact) mass is 493 g/mol. The quantitative estimate of drug-likeness (QED) is 0.578. The Bertz CT molecular complexity index is 1030. The zero-order chi connectivity index (χ0) is 23.3. The number of sulfonamides is 1. The van der Waals surface area contributed by atoms with Gasteiger partial charge in [0.2, 0.25) is 15.9 Å². The minimum absolute atomic E-state index is 0.141. The molecule has 1 N–H and O–H groups in total. The second-order valence-corrected chi connectivity index (χ2v) is 11.4. The lowest BCUT2D eigenvalue weighted by Gasteiger charge is -2.27. The van der Waals surface area contributed by atoms with Crippen LogP contribution in [0.2, 0.25) is 0 Å². The number of benzene rings is 1. The Morgan fingerprint density at radius 2 is 2.06 bits per heavy atom. The molecule has 8 nitrogen and oxygen atoms in total. The van der Waals surface area contributed by atoms with Crippen molar-refractivity contribution in [3.05, 3.63) is 46.2 Å². The normalized spacial score (nSPS) is 19.8. The van der Waals surface area contributed by atoms with Crippen LogP contribution in [-0.2, 0) is 30.8 Å². The highest BCUT2D eigenvalue weighted by molar-refractivity contribution is 7.89. The van der Waals surface area contributed by atoms with Gasteiger partial charge in [0.1, 0.15) is 0 Å². The first kappa shape index (κ1) is 24.3. The topological polar surface area (TPSA) is 88.2 Å². The Morgan fingerprint density at radius 1 is 1.24 bits per heavy atom. The smallest absolute Gasteiger partial charge is 0.243 e. The molecule has 2 aliphatic rings. The summed E-state index contributed by atoms with van der Waals surface area (Å²) >= 11 is 1.67. The van der Waals surface area contributed by atoms with Crippen LogP contribution >= 0.6 is 11.3 Å². The molecule has 0 unspecified atom stereocenters. The molecule has 0 bridgehead atoms. The van der Waals surface area contributed by atoms with E-state index in [2.05, 4.69) is 16.3 Å². The molecule has 1 aromatic carbocycles. The standard InChI is InChI=1S/C23H31N3O5S2/c1-18-6-7-19(14-22(18)33(28,29)26-8-11-30-12-9-26)24-23(27)17-25(15-20-4-2-10-31-20)16-21-5-3-13-32-21/h3,5-7,13-14,20H,2,4,8-12,15-17H2,1H3,(H,24,27)/t20-/m1/s1. The summed E-state index contributed by atoms with van der Waals surface area (Å²) in [5, 5.41) is 4.92. The lowest BCUT2D eigenvalue weighted by atomic mass is 10.2. The summed E-state index contributed by atoms with van der Waals surface area (Å²) in [6.45, 7) is 5.55. The molecule has 2 fully saturated rings. The molecule has 0 saturated carbocycles. The van der Waals surface area contributed by atoms with Gasteiger partial charge in [-0.1, -0.05) is 12.1 Å². The van der Waals surface area contributed by atoms with E-state index in [1.54, 1.807) is 36.5 Å². The number of thiophene rings is 1. The highest BCUT2D eigenvalue weighted by atomic mass is 32.2. The van der Waals surface area contributed by atoms with Crippen LogP contribution in [0.1, 0.15) is 23.3 Å². The van der Waals surface area contributed by atoms with Gasteiger partial charge >= 0.3 is 0 Å². The lowest BCUT2D eigenvalue weighted by Crippen LogP contribution is -2.40. The zero-order valence-electron chi connectivity index (χ0n) is 18.9. The highest BCUT2D eigenvalue weighted by Crippen LogP contribution is 2.25. The van der Waals surface area contributed by atoms with Crippen molar-refractivity contribution < 1.29 is 22.7 Å². The third-order valence-corrected chi connectivity index (χ3v) is 8.77. The predicted molar refractivity (Wildman–Crippen MR) is 128 cm³/mol. The molecule has 2 aliphatic heterocycles. The van der Waals surface area contributed by atoms with Crippen LogP contribution in [0, 0.1) is 6.92 Å². The van der Waals surface area contributed by atoms with Crippen LogP contribution < -0.4 is 5.32 Å². The first-order valence-corrected chi connectivity index (χ1v) is 13.6. The van der Waals surface area contributed by atoms with Gasteiger partial charge in [0.05, 0.1) is 30.8 Å². The lowest BCUT2D eigenvalue weighted by molar-refractivity contribution is -0.117. The highest BCUT2D eigenvalue weighted by Gasteiger charge is 2.28. The SMILES string of the molecule is Cc1ccc(NC(=O)CN(Cc2cccs2)C[C@H]2CCCO2)cc1S(=O)(=O)N1CCOCC1. The van der Waals surface area contributed by atoms with Crippen molar-refractivity contribution in [2.75, 3.05) is 51.3 Å². The van der Waals surface area contributed by atoms with E-state index < -0.39 is 10.0 Å². The summed E-state index contributed by atoms with van der Waals surface area (Å²) in [6.07, 6.45) is 2.19. The van der Waals surface area contributed by atoms with E-state index >= 15 is 0 Å². The number of rotatable bonds is 9. The predicted octanol–water partition coefficient (Wildman–Crippen LogP) is 2.70. The largest absolute Gasteiger partial charge is 0.379 e. The fourth-order valence-electron chi connectivity index (χ4n) is 4.17. The fourth-order valence-corrected chi connectivity index (χ4v) is 6.57. The maximum Gasteiger partial charge on any atom is 0.243 e. The van der Waals surface area contributed by atoms with E-state index in [1.807, 2.05) is 11.4 Å². The second-order valence-electron chi connectivity index (χ2n) is 8.43. The van der Waals surface area contributed by atoms with Gasteiger partial charge in [-0.25, -0.2) is 8.42 Å². The van der Waals surface area contributed by atoms with Gasteiger partial charge in [0, 0.05) is 43.4 Å². The number of aryl methyl sites for hydroxylation is 1. The van der Waals surface area contributed by atoms with Crippen molar-refractivity contribution in [1.29, 1.82) is 0 Å². The first-order valence-electron chi connectivity index (χ1n) is 11.3. The number of hydrogen-bond donors (Lipinski definition) is 1. The van der Waals surface area contributed by atoms with Gasteiger partial charge in [0.15, 0.2) is 0 Å². The number of hydrogen-bond acceptors (Lipinski definition) is 7. The minimum Gasteiger partial charge on any atom is -0.379 e. The van der Waals surface area contributed by atoms with E-state index in [0.29, 0.717) is 50.6 Å². The number of amides is 1. The molecular formula is C23H31N3O5S2. The van der Waals surface area contributed by atoms with Gasteiger partial charge in [-0.3, -0.25) is 9.69 Å². The molecule has 2 aromatic rings. The summed E-state index contributed by atoms with van der Waals surface area (Å²) in [5.41, 5.74) is 1.13. The Balaban J connectivity index is 1.44. The number of morpholine rings is 1. The number of anilines is 1. The van der Waals surface area contributed by atoms with Gasteiger partial charge in [-0.05, 0) is 48.9 Å². The van der Waals surface area contributed by atoms with Gasteiger partial charge in [-0.2, -0.15) is 4.31 Å². The van der Waals surface area contributed by atoms with Gasteiger partial charge in [-0.15, -0.1) is 11.3 Å². The molecule has 1 amide bonds. The average molecular weight is 494 g/mol. The maximum atomic E-state index is 13.1. The molecule has 4 rings (SSSR count). The van der Waals surface area contributed by atoms with E-state index in [1.165, 1.54) is 9.18 Å². The van der Waals surface area contributed by atoms with Crippen molar-refractivity contribution in [3.8, 4) is 0 Å². The molecular weight excluding hydrogens is 462 g/mol. The summed E-state index contributed by atoms with van der Waals surface area (Å²) in [7, 11) is -3.65. The minimum atomic E-state index is -3.65. The second kappa shape index (κ2) is 11.1. The number of carbonyl (C=O) groups is 1. The molecule has 180 valence electrons. The van der Waals surface area contributed by atoms with Crippen LogP contribution in [0.3, 0.4) is 0 Å². The van der Waals surface area contributed by atoms with Crippen molar-refractivity contribution in [1.82, 2.24) is 9.21 Å². The molecule has 10 heteroatoms. The number of ether oxygens (including phenoxy) is 2. The van der Waals surface area contributed by atoms with Crippen LogP contribution in [-0.4, -0.2) is 75.6 Å². The van der Waals surface area contributed by atoms with Crippen LogP contribution in [0.15, 0.2) is 40.6 Å². The molecule has 2 saturated heterocycles. The molecule has 0 radical (unpaired) electrons. The van der Waals surface area contributed by atoms with Crippen LogP contribution in [0.4, 0.5) is 5.69 Å². The molecule has 0 spiro atoms. The third-order valence-electron chi connectivity index (χ3n) is 5.87. The summed E-state index contributed by atoms with van der Waals surface area (Å²) in [6, 6.07) is 9.11.